The number of hydrogen-bond acceptors (Lipinski definition) is 5. The highest BCUT2D eigenvalue weighted by Gasteiger charge is 2.35. The van der Waals surface area contributed by atoms with E-state index in [9.17, 15) is 9.59 Å². The van der Waals surface area contributed by atoms with Crippen LogP contribution < -0.4 is 5.32 Å². The molecule has 0 saturated carbocycles. The van der Waals surface area contributed by atoms with Gasteiger partial charge in [0.05, 0.1) is 18.4 Å². The molecule has 30 heavy (non-hydrogen) atoms. The molecule has 2 aromatic heterocycles. The van der Waals surface area contributed by atoms with Crippen molar-refractivity contribution in [2.75, 3.05) is 19.6 Å². The van der Waals surface area contributed by atoms with Crippen molar-refractivity contribution in [2.45, 2.75) is 19.1 Å². The van der Waals surface area contributed by atoms with Gasteiger partial charge in [0, 0.05) is 38.6 Å². The molecular weight excluding hydrogens is 380 g/mol. The fourth-order valence-electron chi connectivity index (χ4n) is 3.65. The number of rotatable bonds is 6. The van der Waals surface area contributed by atoms with Gasteiger partial charge in [-0.05, 0) is 29.8 Å². The van der Waals surface area contributed by atoms with Gasteiger partial charge in [-0.2, -0.15) is 0 Å². The molecule has 0 spiro atoms. The molecule has 1 aliphatic rings. The zero-order valence-electron chi connectivity index (χ0n) is 16.6. The lowest BCUT2D eigenvalue weighted by Crippen LogP contribution is -2.60. The van der Waals surface area contributed by atoms with Gasteiger partial charge in [-0.15, -0.1) is 0 Å². The molecule has 1 atom stereocenters. The third kappa shape index (κ3) is 4.75. The van der Waals surface area contributed by atoms with Crippen molar-refractivity contribution in [3.8, 4) is 0 Å². The molecular formula is C23H24N4O3. The molecule has 154 valence electrons. The maximum absolute atomic E-state index is 13.1. The zero-order chi connectivity index (χ0) is 20.8. The van der Waals surface area contributed by atoms with Gasteiger partial charge in [0.2, 0.25) is 5.91 Å². The second-order valence-corrected chi connectivity index (χ2v) is 7.27. The van der Waals surface area contributed by atoms with E-state index in [2.05, 4.69) is 27.3 Å². The highest BCUT2D eigenvalue weighted by molar-refractivity contribution is 5.97. The minimum atomic E-state index is -0.592. The van der Waals surface area contributed by atoms with E-state index in [0.29, 0.717) is 31.0 Å². The Labute approximate surface area is 175 Å². The average molecular weight is 404 g/mol. The van der Waals surface area contributed by atoms with Crippen LogP contribution in [0.2, 0.25) is 0 Å². The van der Waals surface area contributed by atoms with E-state index in [1.54, 1.807) is 41.6 Å². The topological polar surface area (TPSA) is 78.7 Å². The van der Waals surface area contributed by atoms with Crippen LogP contribution in [0.15, 0.2) is 77.7 Å². The van der Waals surface area contributed by atoms with Crippen LogP contribution in [0, 0.1) is 0 Å². The van der Waals surface area contributed by atoms with E-state index in [4.69, 9.17) is 4.42 Å². The summed E-state index contributed by atoms with van der Waals surface area (Å²) in [5.74, 6) is 0.299. The Morgan fingerprint density at radius 2 is 1.93 bits per heavy atom. The Kier molecular flexibility index (Phi) is 6.20. The highest BCUT2D eigenvalue weighted by Crippen LogP contribution is 2.17. The van der Waals surface area contributed by atoms with Gasteiger partial charge in [0.25, 0.3) is 5.91 Å². The summed E-state index contributed by atoms with van der Waals surface area (Å²) in [6, 6.07) is 16.6. The van der Waals surface area contributed by atoms with Gasteiger partial charge < -0.3 is 14.6 Å². The summed E-state index contributed by atoms with van der Waals surface area (Å²) in [5.41, 5.74) is 1.66. The molecule has 0 bridgehead atoms. The van der Waals surface area contributed by atoms with Crippen molar-refractivity contribution in [1.29, 1.82) is 0 Å². The van der Waals surface area contributed by atoms with Crippen molar-refractivity contribution >= 4 is 11.8 Å². The largest absolute Gasteiger partial charge is 0.467 e. The molecule has 3 heterocycles. The third-order valence-corrected chi connectivity index (χ3v) is 5.20. The smallest absolute Gasteiger partial charge is 0.256 e. The number of benzene rings is 1. The van der Waals surface area contributed by atoms with E-state index in [0.717, 1.165) is 6.54 Å². The van der Waals surface area contributed by atoms with Gasteiger partial charge >= 0.3 is 0 Å². The van der Waals surface area contributed by atoms with Crippen molar-refractivity contribution in [3.63, 3.8) is 0 Å². The lowest BCUT2D eigenvalue weighted by Gasteiger charge is -2.40. The number of furan rings is 1. The molecule has 2 amide bonds. The first-order valence-electron chi connectivity index (χ1n) is 9.98. The maximum Gasteiger partial charge on any atom is 0.256 e. The normalized spacial score (nSPS) is 16.9. The minimum absolute atomic E-state index is 0.180. The predicted molar refractivity (Wildman–Crippen MR) is 111 cm³/mol. The second kappa shape index (κ2) is 9.37. The molecule has 7 nitrogen and oxygen atoms in total. The molecule has 1 aliphatic heterocycles. The summed E-state index contributed by atoms with van der Waals surface area (Å²) in [6.07, 6.45) is 4.74. The summed E-state index contributed by atoms with van der Waals surface area (Å²) in [7, 11) is 0. The minimum Gasteiger partial charge on any atom is -0.467 e. The molecule has 7 heteroatoms. The number of aromatic nitrogens is 1. The number of nitrogens with one attached hydrogen (secondary N) is 1. The van der Waals surface area contributed by atoms with E-state index in [1.165, 1.54) is 11.8 Å². The molecule has 1 saturated heterocycles. The molecule has 1 N–H and O–H groups in total. The van der Waals surface area contributed by atoms with Crippen LogP contribution in [0.1, 0.15) is 21.7 Å². The van der Waals surface area contributed by atoms with Gasteiger partial charge in [-0.25, -0.2) is 0 Å². The van der Waals surface area contributed by atoms with E-state index >= 15 is 0 Å². The third-order valence-electron chi connectivity index (χ3n) is 5.20. The van der Waals surface area contributed by atoms with E-state index < -0.39 is 6.04 Å². The van der Waals surface area contributed by atoms with Gasteiger partial charge in [-0.3, -0.25) is 19.5 Å². The standard InChI is InChI=1S/C23H24N4O3/c28-22(25-15-20-9-5-13-30-20)21-17-26(16-18-6-2-1-3-7-18)11-12-27(21)23(29)19-8-4-10-24-14-19/h1-10,13-14,21H,11-12,15-17H2,(H,25,28). The molecule has 1 aromatic carbocycles. The average Bonchev–Trinajstić information content (AvgIpc) is 3.32. The van der Waals surface area contributed by atoms with Crippen molar-refractivity contribution in [1.82, 2.24) is 20.1 Å². The zero-order valence-corrected chi connectivity index (χ0v) is 16.6. The van der Waals surface area contributed by atoms with Crippen LogP contribution in [-0.2, 0) is 17.9 Å². The Bertz CT molecular complexity index is 961. The first kappa shape index (κ1) is 19.8. The van der Waals surface area contributed by atoms with Crippen LogP contribution in [-0.4, -0.2) is 52.3 Å². The molecule has 1 unspecified atom stereocenters. The first-order chi connectivity index (χ1) is 14.7. The van der Waals surface area contributed by atoms with E-state index in [1.807, 2.05) is 18.2 Å². The number of hydrogen-bond donors (Lipinski definition) is 1. The first-order valence-corrected chi connectivity index (χ1v) is 9.98. The number of amides is 2. The van der Waals surface area contributed by atoms with Gasteiger partial charge in [-0.1, -0.05) is 30.3 Å². The summed E-state index contributed by atoms with van der Waals surface area (Å²) >= 11 is 0. The Morgan fingerprint density at radius 3 is 2.67 bits per heavy atom. The molecule has 1 fully saturated rings. The van der Waals surface area contributed by atoms with Crippen molar-refractivity contribution in [3.05, 3.63) is 90.1 Å². The summed E-state index contributed by atoms with van der Waals surface area (Å²) < 4.78 is 5.30. The Morgan fingerprint density at radius 1 is 1.07 bits per heavy atom. The monoisotopic (exact) mass is 404 g/mol. The lowest BCUT2D eigenvalue weighted by molar-refractivity contribution is -0.128. The number of carbonyl (C=O) groups excluding carboxylic acids is 2. The Balaban J connectivity index is 1.49. The summed E-state index contributed by atoms with van der Waals surface area (Å²) in [4.78, 5) is 34.0. The fraction of sp³-hybridized carbons (Fsp3) is 0.261. The van der Waals surface area contributed by atoms with Crippen molar-refractivity contribution < 1.29 is 14.0 Å². The van der Waals surface area contributed by atoms with Crippen molar-refractivity contribution in [2.24, 2.45) is 0 Å². The number of pyridine rings is 1. The summed E-state index contributed by atoms with van der Waals surface area (Å²) in [6.45, 7) is 2.65. The van der Waals surface area contributed by atoms with Gasteiger partial charge in [0.1, 0.15) is 11.8 Å². The lowest BCUT2D eigenvalue weighted by atomic mass is 10.1. The fourth-order valence-corrected chi connectivity index (χ4v) is 3.65. The van der Waals surface area contributed by atoms with Crippen LogP contribution in [0.3, 0.4) is 0 Å². The van der Waals surface area contributed by atoms with Crippen LogP contribution in [0.25, 0.3) is 0 Å². The summed E-state index contributed by atoms with van der Waals surface area (Å²) in [5, 5.41) is 2.91. The molecule has 0 radical (unpaired) electrons. The molecule has 3 aromatic rings. The number of nitrogens with zero attached hydrogens (tertiary/aromatic N) is 3. The SMILES string of the molecule is O=C(NCc1ccco1)C1CN(Cc2ccccc2)CCN1C(=O)c1cccnc1. The molecule has 0 aliphatic carbocycles. The van der Waals surface area contributed by atoms with Crippen LogP contribution in [0.4, 0.5) is 0 Å². The second-order valence-electron chi connectivity index (χ2n) is 7.27. The number of carbonyl (C=O) groups is 2. The highest BCUT2D eigenvalue weighted by atomic mass is 16.3. The Hall–Kier alpha value is -3.45. The van der Waals surface area contributed by atoms with Gasteiger partial charge in [0.15, 0.2) is 0 Å². The molecule has 4 rings (SSSR count). The van der Waals surface area contributed by atoms with E-state index in [-0.39, 0.29) is 18.4 Å². The van der Waals surface area contributed by atoms with Crippen LogP contribution in [0.5, 0.6) is 0 Å². The quantitative estimate of drug-likeness (QED) is 0.682. The van der Waals surface area contributed by atoms with Crippen LogP contribution >= 0.6 is 0 Å². The number of piperazine rings is 1. The predicted octanol–water partition coefficient (Wildman–Crippen LogP) is 2.32. The maximum atomic E-state index is 13.1.